The van der Waals surface area contributed by atoms with Crippen LogP contribution < -0.4 is 20.4 Å². The van der Waals surface area contributed by atoms with E-state index in [1.165, 1.54) is 57.0 Å². The lowest BCUT2D eigenvalue weighted by Gasteiger charge is -2.25. The Bertz CT molecular complexity index is 3770. The van der Waals surface area contributed by atoms with Crippen LogP contribution in [0.2, 0.25) is 0 Å². The molecule has 1 fully saturated rings. The summed E-state index contributed by atoms with van der Waals surface area (Å²) < 4.78 is 29.5. The average Bonchev–Trinajstić information content (AvgIpc) is 1.61. The van der Waals surface area contributed by atoms with Gasteiger partial charge >= 0.3 is 24.4 Å². The van der Waals surface area contributed by atoms with E-state index in [0.717, 1.165) is 35.9 Å². The molecule has 2 aromatic carbocycles. The minimum Gasteiger partial charge on any atom is -0.443 e. The zero-order chi connectivity index (χ0) is 66.3. The quantitative estimate of drug-likeness (QED) is 0.0898. The summed E-state index contributed by atoms with van der Waals surface area (Å²) in [7, 11) is 3.61. The maximum atomic E-state index is 13.5. The highest BCUT2D eigenvalue weighted by atomic mass is 79.9. The second-order valence-electron chi connectivity index (χ2n) is 24.4. The third kappa shape index (κ3) is 21.1. The van der Waals surface area contributed by atoms with Crippen LogP contribution in [-0.2, 0) is 33.3 Å². The molecule has 0 saturated carbocycles. The largest absolute Gasteiger partial charge is 0.443 e. The van der Waals surface area contributed by atoms with Crippen LogP contribution >= 0.6 is 38.6 Å². The van der Waals surface area contributed by atoms with Gasteiger partial charge in [0.1, 0.15) is 22.4 Å². The highest BCUT2D eigenvalue weighted by Gasteiger charge is 2.32. The SMILES string of the molecule is C1CCOC1.CC(C)(C)OC(=O)N(c1ccc2c(cnn2C(=O)OC(C)(C)C)c1)c1nnc(-c2cncc(NC(=O)CBr)c2)s1.CCC.CN(C)CC(=O)Nc1cncc(-c2nnc(N(C(=O)OC(C)(C)C)c3ccc4c(cnn4C(=O)OC(C)(C)C)c3)s2)c1. The number of halogens is 1. The van der Waals surface area contributed by atoms with Gasteiger partial charge in [-0.2, -0.15) is 19.6 Å². The zero-order valence-corrected chi connectivity index (χ0v) is 56.8. The summed E-state index contributed by atoms with van der Waals surface area (Å²) in [6.45, 7) is 27.7. The molecule has 0 atom stereocenters. The van der Waals surface area contributed by atoms with E-state index in [1.807, 2.05) is 0 Å². The van der Waals surface area contributed by atoms with E-state index in [9.17, 15) is 28.8 Å². The second-order valence-corrected chi connectivity index (χ2v) is 26.9. The van der Waals surface area contributed by atoms with Crippen molar-refractivity contribution in [3.05, 3.63) is 85.7 Å². The van der Waals surface area contributed by atoms with Crippen molar-refractivity contribution in [2.75, 3.05) is 59.6 Å². The fourth-order valence-electron chi connectivity index (χ4n) is 7.71. The number of nitrogens with one attached hydrogen (secondary N) is 2. The Morgan fingerprint density at radius 2 is 0.944 bits per heavy atom. The Morgan fingerprint density at radius 3 is 1.29 bits per heavy atom. The van der Waals surface area contributed by atoms with E-state index < -0.39 is 46.8 Å². The van der Waals surface area contributed by atoms with Crippen molar-refractivity contribution in [1.29, 1.82) is 0 Å². The normalized spacial score (nSPS) is 12.3. The van der Waals surface area contributed by atoms with E-state index in [2.05, 4.69) is 81.0 Å². The molecule has 2 N–H and O–H groups in total. The number of anilines is 6. The van der Waals surface area contributed by atoms with E-state index in [-0.39, 0.29) is 34.0 Å². The van der Waals surface area contributed by atoms with Gasteiger partial charge in [0.05, 0.1) is 70.4 Å². The van der Waals surface area contributed by atoms with Gasteiger partial charge in [-0.15, -0.1) is 20.4 Å². The molecule has 0 spiro atoms. The second kappa shape index (κ2) is 30.9. The zero-order valence-electron chi connectivity index (χ0n) is 53.5. The number of aromatic nitrogens is 10. The number of nitrogens with zero attached hydrogens (tertiary/aromatic N) is 13. The molecular weight excluding hydrogens is 1260 g/mol. The molecule has 1 aliphatic rings. The third-order valence-electron chi connectivity index (χ3n) is 11.1. The van der Waals surface area contributed by atoms with Gasteiger partial charge in [0.25, 0.3) is 0 Å². The predicted molar refractivity (Wildman–Crippen MR) is 351 cm³/mol. The first-order chi connectivity index (χ1) is 42.2. The molecule has 29 heteroatoms. The first-order valence-electron chi connectivity index (χ1n) is 28.7. The fourth-order valence-corrected chi connectivity index (χ4v) is 9.53. The maximum Gasteiger partial charge on any atom is 0.435 e. The number of rotatable bonds is 11. The fraction of sp³-hybridized carbons (Fsp3) is 0.443. The van der Waals surface area contributed by atoms with Crippen molar-refractivity contribution in [1.82, 2.24) is 54.8 Å². The number of hydrogen-bond acceptors (Lipinski definition) is 22. The number of pyridine rings is 2. The van der Waals surface area contributed by atoms with Crippen LogP contribution in [0.3, 0.4) is 0 Å². The number of alkyl halides is 1. The van der Waals surface area contributed by atoms with Crippen molar-refractivity contribution < 1.29 is 52.5 Å². The lowest BCUT2D eigenvalue weighted by atomic mass is 10.2. The van der Waals surface area contributed by atoms with Gasteiger partial charge in [-0.3, -0.25) is 19.6 Å². The van der Waals surface area contributed by atoms with Gasteiger partial charge < -0.3 is 39.2 Å². The molecule has 4 amide bonds. The van der Waals surface area contributed by atoms with Crippen LogP contribution in [0.15, 0.2) is 85.7 Å². The van der Waals surface area contributed by atoms with Gasteiger partial charge in [0, 0.05) is 47.5 Å². The molecule has 0 radical (unpaired) electrons. The van der Waals surface area contributed by atoms with Gasteiger partial charge in [0.15, 0.2) is 10.0 Å². The number of carbonyl (C=O) groups is 6. The Hall–Kier alpha value is -8.38. The summed E-state index contributed by atoms with van der Waals surface area (Å²) in [5, 5.41) is 33.8. The molecule has 7 heterocycles. The van der Waals surface area contributed by atoms with Crippen LogP contribution in [0.5, 0.6) is 0 Å². The van der Waals surface area contributed by atoms with Crippen LogP contribution in [0.4, 0.5) is 52.2 Å². The summed E-state index contributed by atoms with van der Waals surface area (Å²) in [5.74, 6) is -0.406. The summed E-state index contributed by atoms with van der Waals surface area (Å²) in [6.07, 6.45) is 10.5. The molecule has 1 saturated heterocycles. The first kappa shape index (κ1) is 70.7. The molecule has 0 unspecified atom stereocenters. The lowest BCUT2D eigenvalue weighted by Crippen LogP contribution is -2.33. The molecule has 9 rings (SSSR count). The first-order valence-corrected chi connectivity index (χ1v) is 31.4. The Morgan fingerprint density at radius 1 is 0.556 bits per heavy atom. The number of benzene rings is 2. The minimum absolute atomic E-state index is 0.145. The van der Waals surface area contributed by atoms with Gasteiger partial charge in [-0.05, 0) is 159 Å². The number of likely N-dealkylation sites (N-methyl/N-ethyl adjacent to an activating group) is 1. The molecule has 1 aliphatic heterocycles. The van der Waals surface area contributed by atoms with Crippen molar-refractivity contribution in [3.8, 4) is 21.1 Å². The number of hydrogen-bond donors (Lipinski definition) is 2. The summed E-state index contributed by atoms with van der Waals surface area (Å²) in [6, 6.07) is 13.5. The van der Waals surface area contributed by atoms with Crippen LogP contribution in [0.1, 0.15) is 116 Å². The number of amides is 4. The van der Waals surface area contributed by atoms with Crippen molar-refractivity contribution in [2.45, 2.75) is 139 Å². The number of carbonyl (C=O) groups excluding carboxylic acids is 6. The van der Waals surface area contributed by atoms with Crippen LogP contribution in [0, 0.1) is 0 Å². The van der Waals surface area contributed by atoms with E-state index in [4.69, 9.17) is 23.7 Å². The van der Waals surface area contributed by atoms with E-state index >= 15 is 0 Å². The van der Waals surface area contributed by atoms with Gasteiger partial charge in [-0.25, -0.2) is 29.0 Å². The molecule has 90 heavy (non-hydrogen) atoms. The van der Waals surface area contributed by atoms with Crippen LogP contribution in [-0.4, -0.2) is 153 Å². The molecule has 482 valence electrons. The molecule has 8 aromatic rings. The maximum absolute atomic E-state index is 13.5. The highest BCUT2D eigenvalue weighted by Crippen LogP contribution is 2.38. The lowest BCUT2D eigenvalue weighted by molar-refractivity contribution is -0.117. The molecule has 6 aromatic heterocycles. The van der Waals surface area contributed by atoms with Crippen LogP contribution in [0.25, 0.3) is 42.9 Å². The van der Waals surface area contributed by atoms with Gasteiger partial charge in [-0.1, -0.05) is 58.9 Å². The van der Waals surface area contributed by atoms with E-state index in [0.29, 0.717) is 65.7 Å². The predicted octanol–water partition coefficient (Wildman–Crippen LogP) is 13.7. The monoisotopic (exact) mass is 1340 g/mol. The smallest absolute Gasteiger partial charge is 0.435 e. The Labute approximate surface area is 539 Å². The summed E-state index contributed by atoms with van der Waals surface area (Å²) >= 11 is 5.41. The molecule has 26 nitrogen and oxygen atoms in total. The molecule has 0 bridgehead atoms. The summed E-state index contributed by atoms with van der Waals surface area (Å²) in [5.41, 5.74) is 1.17. The van der Waals surface area contributed by atoms with Gasteiger partial charge in [0.2, 0.25) is 22.1 Å². The Balaban J connectivity index is 0.000000255. The highest BCUT2D eigenvalue weighted by molar-refractivity contribution is 9.09. The number of fused-ring (bicyclic) bond motifs is 2. The summed E-state index contributed by atoms with van der Waals surface area (Å²) in [4.78, 5) is 88.9. The third-order valence-corrected chi connectivity index (χ3v) is 13.5. The topological polar surface area (TPSA) is 295 Å². The molecule has 0 aliphatic carbocycles. The van der Waals surface area contributed by atoms with Crippen molar-refractivity contribution in [3.63, 3.8) is 0 Å². The minimum atomic E-state index is -0.780. The van der Waals surface area contributed by atoms with Crippen molar-refractivity contribution in [2.24, 2.45) is 0 Å². The number of ether oxygens (including phenoxy) is 5. The standard InChI is InChI=1S/C28H34N8O5S.C26H28BrN7O5S.C4H8O.C3H8/c1-27(2,3)40-25(38)35(20-9-10-21-17(12-20)14-30-36(21)26(39)41-28(4,5)6)24-33-32-23(42-24)18-11-19(15-29-13-18)31-22(37)16-34(7)8;1-25(2,3)38-23(36)33(18-7-8-19-15(10-18)13-29-34(19)24(37)39-26(4,5)6)22-32-31-21(40-22)16-9-17(14-28-12-16)30-20(35)11-27;1-2-4-5-3-1;1-3-2/h9-15H,16H2,1-8H3,(H,31,37);7-10,12-14H,11H2,1-6H3,(H,30,35);1-4H2;3H2,1-2H3. The average molecular weight is 1340 g/mol. The molecular formula is C61H78BrN15O11S2. The Kier molecular flexibility index (Phi) is 24.3. The van der Waals surface area contributed by atoms with E-state index in [1.54, 1.807) is 169 Å². The van der Waals surface area contributed by atoms with Crippen molar-refractivity contribution >= 4 is 130 Å².